The van der Waals surface area contributed by atoms with Gasteiger partial charge < -0.3 is 15.0 Å². The van der Waals surface area contributed by atoms with Crippen molar-refractivity contribution in [3.05, 3.63) is 82.8 Å². The number of nitrogens with one attached hydrogen (secondary N) is 1. The lowest BCUT2D eigenvalue weighted by molar-refractivity contribution is 0.477. The Morgan fingerprint density at radius 2 is 1.93 bits per heavy atom. The fourth-order valence-electron chi connectivity index (χ4n) is 3.22. The van der Waals surface area contributed by atoms with Crippen molar-refractivity contribution in [2.24, 2.45) is 0 Å². The normalized spacial score (nSPS) is 10.9. The molecule has 30 heavy (non-hydrogen) atoms. The Morgan fingerprint density at radius 3 is 2.73 bits per heavy atom. The lowest BCUT2D eigenvalue weighted by atomic mass is 10.0. The lowest BCUT2D eigenvalue weighted by Crippen LogP contribution is -2.07. The summed E-state index contributed by atoms with van der Waals surface area (Å²) in [6.07, 6.45) is 6.46. The van der Waals surface area contributed by atoms with Gasteiger partial charge in [-0.25, -0.2) is 9.97 Å². The van der Waals surface area contributed by atoms with Crippen LogP contribution in [0.2, 0.25) is 5.02 Å². The predicted molar refractivity (Wildman–Crippen MR) is 125 cm³/mol. The van der Waals surface area contributed by atoms with Gasteiger partial charge in [-0.2, -0.15) is 0 Å². The fourth-order valence-corrected chi connectivity index (χ4v) is 3.83. The molecule has 4 aromatic rings. The molecule has 0 spiro atoms. The van der Waals surface area contributed by atoms with E-state index in [-0.39, 0.29) is 5.75 Å². The monoisotopic (exact) mass is 482 g/mol. The first-order chi connectivity index (χ1) is 14.6. The molecule has 0 saturated carbocycles. The van der Waals surface area contributed by atoms with E-state index in [0.717, 1.165) is 40.9 Å². The second-order valence-electron chi connectivity index (χ2n) is 6.85. The topological polar surface area (TPSA) is 63.0 Å². The van der Waals surface area contributed by atoms with Crippen molar-refractivity contribution < 1.29 is 5.11 Å². The van der Waals surface area contributed by atoms with E-state index in [4.69, 9.17) is 16.6 Å². The van der Waals surface area contributed by atoms with Crippen molar-refractivity contribution in [1.82, 2.24) is 14.5 Å². The third-order valence-electron chi connectivity index (χ3n) is 4.70. The summed E-state index contributed by atoms with van der Waals surface area (Å²) in [5, 5.41) is 14.5. The highest BCUT2D eigenvalue weighted by atomic mass is 79.9. The lowest BCUT2D eigenvalue weighted by Gasteiger charge is -2.13. The molecule has 0 saturated heterocycles. The fraction of sp³-hybridized carbons (Fsp3) is 0.130. The summed E-state index contributed by atoms with van der Waals surface area (Å²) in [5.74, 6) is 0.903. The molecule has 0 amide bonds. The minimum Gasteiger partial charge on any atom is -0.507 e. The molecule has 0 bridgehead atoms. The van der Waals surface area contributed by atoms with Crippen LogP contribution in [0.5, 0.6) is 5.75 Å². The Bertz CT molecular complexity index is 1150. The van der Waals surface area contributed by atoms with Crippen LogP contribution in [0.25, 0.3) is 22.4 Å². The number of phenols is 1. The average molecular weight is 484 g/mol. The molecule has 152 valence electrons. The third-order valence-corrected chi connectivity index (χ3v) is 5.53. The summed E-state index contributed by atoms with van der Waals surface area (Å²) in [7, 11) is 0. The van der Waals surface area contributed by atoms with Crippen LogP contribution in [-0.4, -0.2) is 26.2 Å². The van der Waals surface area contributed by atoms with E-state index in [1.54, 1.807) is 18.3 Å². The van der Waals surface area contributed by atoms with Crippen molar-refractivity contribution in [2.75, 3.05) is 11.9 Å². The summed E-state index contributed by atoms with van der Waals surface area (Å²) in [6, 6.07) is 16.9. The smallest absolute Gasteiger partial charge is 0.127 e. The standard InChI is InChI=1S/C23H20BrClN4O/c24-17-6-7-22(30)19(14-17)21-12-16(18-4-1-2-5-20(18)25)13-23(28-21)27-8-3-10-29-11-9-26-15-29/h1-2,4-7,9,11-15,30H,3,8,10H2,(H,27,28). The zero-order valence-corrected chi connectivity index (χ0v) is 18.4. The van der Waals surface area contributed by atoms with Crippen molar-refractivity contribution in [3.63, 3.8) is 0 Å². The second kappa shape index (κ2) is 9.32. The minimum atomic E-state index is 0.174. The SMILES string of the molecule is Oc1ccc(Br)cc1-c1cc(-c2ccccc2Cl)cc(NCCCn2ccnc2)n1. The third kappa shape index (κ3) is 4.83. The molecular formula is C23H20BrClN4O. The summed E-state index contributed by atoms with van der Waals surface area (Å²) < 4.78 is 2.91. The van der Waals surface area contributed by atoms with Gasteiger partial charge in [0.2, 0.25) is 0 Å². The van der Waals surface area contributed by atoms with E-state index >= 15 is 0 Å². The number of phenolic OH excluding ortho intramolecular Hbond substituents is 1. The molecule has 2 N–H and O–H groups in total. The molecule has 2 aromatic carbocycles. The molecule has 0 radical (unpaired) electrons. The van der Waals surface area contributed by atoms with Gasteiger partial charge in [-0.15, -0.1) is 0 Å². The van der Waals surface area contributed by atoms with Crippen LogP contribution < -0.4 is 5.32 Å². The number of benzene rings is 2. The number of nitrogens with zero attached hydrogens (tertiary/aromatic N) is 3. The van der Waals surface area contributed by atoms with Crippen molar-refractivity contribution in [3.8, 4) is 28.1 Å². The summed E-state index contributed by atoms with van der Waals surface area (Å²) in [4.78, 5) is 8.80. The molecule has 0 atom stereocenters. The number of hydrogen-bond donors (Lipinski definition) is 2. The van der Waals surface area contributed by atoms with Crippen LogP contribution in [-0.2, 0) is 6.54 Å². The maximum Gasteiger partial charge on any atom is 0.127 e. The Labute approximate surface area is 188 Å². The van der Waals surface area contributed by atoms with Crippen molar-refractivity contribution in [2.45, 2.75) is 13.0 Å². The summed E-state index contributed by atoms with van der Waals surface area (Å²) >= 11 is 9.92. The maximum atomic E-state index is 10.4. The molecule has 0 aliphatic carbocycles. The first-order valence-corrected chi connectivity index (χ1v) is 10.7. The molecule has 0 unspecified atom stereocenters. The summed E-state index contributed by atoms with van der Waals surface area (Å²) in [6.45, 7) is 1.62. The minimum absolute atomic E-state index is 0.174. The highest BCUT2D eigenvalue weighted by molar-refractivity contribution is 9.10. The first-order valence-electron chi connectivity index (χ1n) is 9.55. The van der Waals surface area contributed by atoms with Gasteiger partial charge in [0.1, 0.15) is 11.6 Å². The molecular weight excluding hydrogens is 464 g/mol. The zero-order chi connectivity index (χ0) is 20.9. The van der Waals surface area contributed by atoms with E-state index in [1.807, 2.05) is 59.6 Å². The number of anilines is 1. The Hall–Kier alpha value is -2.83. The number of pyridine rings is 1. The van der Waals surface area contributed by atoms with Gasteiger partial charge in [-0.05, 0) is 48.4 Å². The highest BCUT2D eigenvalue weighted by Gasteiger charge is 2.12. The van der Waals surface area contributed by atoms with Crippen LogP contribution in [0.3, 0.4) is 0 Å². The number of rotatable bonds is 7. The summed E-state index contributed by atoms with van der Waals surface area (Å²) in [5.41, 5.74) is 3.17. The van der Waals surface area contributed by atoms with Crippen LogP contribution in [0, 0.1) is 0 Å². The maximum absolute atomic E-state index is 10.4. The van der Waals surface area contributed by atoms with E-state index in [2.05, 4.69) is 26.2 Å². The van der Waals surface area contributed by atoms with Gasteiger partial charge in [0.15, 0.2) is 0 Å². The number of aromatic hydroxyl groups is 1. The van der Waals surface area contributed by atoms with E-state index in [9.17, 15) is 5.11 Å². The van der Waals surface area contributed by atoms with Gasteiger partial charge in [0.25, 0.3) is 0 Å². The van der Waals surface area contributed by atoms with Gasteiger partial charge in [0.05, 0.1) is 12.0 Å². The van der Waals surface area contributed by atoms with Crippen LogP contribution in [0.15, 0.2) is 77.8 Å². The molecule has 7 heteroatoms. The largest absolute Gasteiger partial charge is 0.507 e. The van der Waals surface area contributed by atoms with Gasteiger partial charge >= 0.3 is 0 Å². The number of aryl methyl sites for hydroxylation is 1. The highest BCUT2D eigenvalue weighted by Crippen LogP contribution is 2.36. The number of aromatic nitrogens is 3. The van der Waals surface area contributed by atoms with E-state index in [0.29, 0.717) is 16.3 Å². The molecule has 2 aromatic heterocycles. The van der Waals surface area contributed by atoms with Crippen molar-refractivity contribution >= 4 is 33.3 Å². The number of halogens is 2. The Balaban J connectivity index is 1.65. The quantitative estimate of drug-likeness (QED) is 0.306. The average Bonchev–Trinajstić information content (AvgIpc) is 3.27. The van der Waals surface area contributed by atoms with Crippen LogP contribution in [0.1, 0.15) is 6.42 Å². The van der Waals surface area contributed by atoms with Crippen LogP contribution in [0.4, 0.5) is 5.82 Å². The second-order valence-corrected chi connectivity index (χ2v) is 8.17. The Kier molecular flexibility index (Phi) is 6.35. The van der Waals surface area contributed by atoms with E-state index in [1.165, 1.54) is 0 Å². The Morgan fingerprint density at radius 1 is 1.07 bits per heavy atom. The van der Waals surface area contributed by atoms with Crippen LogP contribution >= 0.6 is 27.5 Å². The van der Waals surface area contributed by atoms with Gasteiger partial charge in [0, 0.05) is 46.1 Å². The molecule has 0 fully saturated rings. The molecule has 5 nitrogen and oxygen atoms in total. The van der Waals surface area contributed by atoms with E-state index < -0.39 is 0 Å². The zero-order valence-electron chi connectivity index (χ0n) is 16.1. The van der Waals surface area contributed by atoms with Gasteiger partial charge in [-0.3, -0.25) is 0 Å². The molecule has 2 heterocycles. The molecule has 0 aliphatic rings. The number of imidazole rings is 1. The predicted octanol–water partition coefficient (Wildman–Crippen LogP) is 6.24. The van der Waals surface area contributed by atoms with Crippen molar-refractivity contribution in [1.29, 1.82) is 0 Å². The molecule has 4 rings (SSSR count). The number of hydrogen-bond acceptors (Lipinski definition) is 4. The van der Waals surface area contributed by atoms with Gasteiger partial charge in [-0.1, -0.05) is 45.7 Å². The molecule has 0 aliphatic heterocycles. The first kappa shape index (κ1) is 20.4.